The SMILES string of the molecule is C1=CC2Oc3ccc4c(c3C2C=C1)-c1ccccc1N(c1nc2ccccc2s1)c1ccccc1-4. The zero-order valence-electron chi connectivity index (χ0n) is 18.8. The van der Waals surface area contributed by atoms with E-state index in [0.29, 0.717) is 0 Å². The number of para-hydroxylation sites is 3. The third-order valence-corrected chi connectivity index (χ3v) is 8.23. The van der Waals surface area contributed by atoms with E-state index >= 15 is 0 Å². The number of ether oxygens (including phenoxy) is 1. The van der Waals surface area contributed by atoms with Crippen LogP contribution in [0.1, 0.15) is 11.5 Å². The Morgan fingerprint density at radius 3 is 2.34 bits per heavy atom. The van der Waals surface area contributed by atoms with E-state index in [-0.39, 0.29) is 12.0 Å². The van der Waals surface area contributed by atoms with Crippen molar-refractivity contribution in [3.63, 3.8) is 0 Å². The van der Waals surface area contributed by atoms with Crippen LogP contribution in [-0.4, -0.2) is 11.1 Å². The molecule has 1 aromatic heterocycles. The molecule has 4 heteroatoms. The molecule has 35 heavy (non-hydrogen) atoms. The van der Waals surface area contributed by atoms with Gasteiger partial charge < -0.3 is 4.74 Å². The number of anilines is 3. The number of aromatic nitrogens is 1. The summed E-state index contributed by atoms with van der Waals surface area (Å²) in [6, 6.07) is 30.2. The molecule has 4 aromatic carbocycles. The van der Waals surface area contributed by atoms with Gasteiger partial charge in [-0.25, -0.2) is 4.98 Å². The van der Waals surface area contributed by atoms with Crippen molar-refractivity contribution < 1.29 is 4.74 Å². The van der Waals surface area contributed by atoms with Gasteiger partial charge in [0.1, 0.15) is 11.9 Å². The van der Waals surface area contributed by atoms with Crippen LogP contribution in [0.4, 0.5) is 16.5 Å². The van der Waals surface area contributed by atoms with E-state index in [0.717, 1.165) is 27.8 Å². The van der Waals surface area contributed by atoms with Crippen LogP contribution in [0.15, 0.2) is 109 Å². The van der Waals surface area contributed by atoms with Gasteiger partial charge in [0.2, 0.25) is 0 Å². The molecule has 0 saturated carbocycles. The summed E-state index contributed by atoms with van der Waals surface area (Å²) in [4.78, 5) is 7.42. The summed E-state index contributed by atoms with van der Waals surface area (Å²) in [5, 5.41) is 0.977. The summed E-state index contributed by atoms with van der Waals surface area (Å²) in [7, 11) is 0. The second-order valence-corrected chi connectivity index (χ2v) is 10.1. The molecular formula is C31H20N2OS. The molecule has 0 fully saturated rings. The lowest BCUT2D eigenvalue weighted by Crippen LogP contribution is -2.16. The van der Waals surface area contributed by atoms with Gasteiger partial charge in [-0.05, 0) is 53.6 Å². The van der Waals surface area contributed by atoms with E-state index < -0.39 is 0 Å². The average Bonchev–Trinajstić information content (AvgIpc) is 3.47. The van der Waals surface area contributed by atoms with Crippen LogP contribution < -0.4 is 9.64 Å². The number of nitrogens with zero attached hydrogens (tertiary/aromatic N) is 2. The Hall–Kier alpha value is -4.15. The van der Waals surface area contributed by atoms with Crippen molar-refractivity contribution in [2.45, 2.75) is 12.0 Å². The standard InChI is InChI=1S/C31H20N2OS/c1-5-13-24-19(9-1)20-17-18-27-30(22-11-3-7-15-26(22)34-27)29(20)21-10-2-6-14-25(21)33(24)31-32-23-12-4-8-16-28(23)35-31/h1-18,22,26H. The highest BCUT2D eigenvalue weighted by molar-refractivity contribution is 7.22. The van der Waals surface area contributed by atoms with Gasteiger partial charge in [-0.15, -0.1) is 0 Å². The van der Waals surface area contributed by atoms with Gasteiger partial charge in [0, 0.05) is 22.6 Å². The molecule has 3 heterocycles. The molecular weight excluding hydrogens is 448 g/mol. The molecule has 0 bridgehead atoms. The lowest BCUT2D eigenvalue weighted by Gasteiger charge is -2.24. The largest absolute Gasteiger partial charge is 0.485 e. The Kier molecular flexibility index (Phi) is 3.93. The Morgan fingerprint density at radius 1 is 0.714 bits per heavy atom. The van der Waals surface area contributed by atoms with E-state index in [9.17, 15) is 0 Å². The lowest BCUT2D eigenvalue weighted by atomic mass is 9.83. The third kappa shape index (κ3) is 2.69. The highest BCUT2D eigenvalue weighted by Gasteiger charge is 2.38. The van der Waals surface area contributed by atoms with Gasteiger partial charge in [0.15, 0.2) is 5.13 Å². The molecule has 3 nitrogen and oxygen atoms in total. The number of benzene rings is 4. The predicted molar refractivity (Wildman–Crippen MR) is 144 cm³/mol. The molecule has 5 aromatic rings. The second kappa shape index (κ2) is 7.17. The fourth-order valence-electron chi connectivity index (χ4n) is 5.72. The third-order valence-electron chi connectivity index (χ3n) is 7.21. The Labute approximate surface area is 207 Å². The van der Waals surface area contributed by atoms with E-state index in [4.69, 9.17) is 9.72 Å². The lowest BCUT2D eigenvalue weighted by molar-refractivity contribution is 0.269. The molecule has 0 amide bonds. The fourth-order valence-corrected chi connectivity index (χ4v) is 6.72. The summed E-state index contributed by atoms with van der Waals surface area (Å²) in [6.45, 7) is 0. The number of hydrogen-bond acceptors (Lipinski definition) is 4. The molecule has 1 aliphatic carbocycles. The van der Waals surface area contributed by atoms with Gasteiger partial charge >= 0.3 is 0 Å². The number of allylic oxidation sites excluding steroid dienone is 2. The van der Waals surface area contributed by atoms with Crippen molar-refractivity contribution in [2.24, 2.45) is 0 Å². The first kappa shape index (κ1) is 19.2. The van der Waals surface area contributed by atoms with Crippen LogP contribution >= 0.6 is 11.3 Å². The van der Waals surface area contributed by atoms with Gasteiger partial charge in [0.05, 0.1) is 21.6 Å². The molecule has 0 saturated heterocycles. The van der Waals surface area contributed by atoms with E-state index in [1.165, 1.54) is 32.5 Å². The van der Waals surface area contributed by atoms with Crippen molar-refractivity contribution in [1.29, 1.82) is 0 Å². The fraction of sp³-hybridized carbons (Fsp3) is 0.0645. The van der Waals surface area contributed by atoms with E-state index in [1.54, 1.807) is 11.3 Å². The van der Waals surface area contributed by atoms with Crippen molar-refractivity contribution >= 4 is 38.1 Å². The maximum Gasteiger partial charge on any atom is 0.195 e. The first-order chi connectivity index (χ1) is 17.4. The summed E-state index contributed by atoms with van der Waals surface area (Å²) in [5.41, 5.74) is 9.52. The number of rotatable bonds is 1. The minimum Gasteiger partial charge on any atom is -0.485 e. The number of fused-ring (bicyclic) bond motifs is 10. The van der Waals surface area contributed by atoms with Crippen LogP contribution in [0, 0.1) is 0 Å². The molecule has 166 valence electrons. The Bertz CT molecular complexity index is 1680. The van der Waals surface area contributed by atoms with Gasteiger partial charge in [-0.2, -0.15) is 0 Å². The minimum absolute atomic E-state index is 0.0486. The second-order valence-electron chi connectivity index (χ2n) is 9.11. The highest BCUT2D eigenvalue weighted by atomic mass is 32.1. The Morgan fingerprint density at radius 2 is 1.46 bits per heavy atom. The molecule has 0 spiro atoms. The van der Waals surface area contributed by atoms with Crippen LogP contribution in [0.5, 0.6) is 5.75 Å². The zero-order chi connectivity index (χ0) is 22.9. The summed E-state index contributed by atoms with van der Waals surface area (Å²) >= 11 is 1.73. The number of hydrogen-bond donors (Lipinski definition) is 0. The molecule has 0 radical (unpaired) electrons. The van der Waals surface area contributed by atoms with Crippen molar-refractivity contribution in [3.8, 4) is 28.0 Å². The number of thiazole rings is 1. The average molecular weight is 469 g/mol. The summed E-state index contributed by atoms with van der Waals surface area (Å²) in [6.07, 6.45) is 8.72. The topological polar surface area (TPSA) is 25.4 Å². The smallest absolute Gasteiger partial charge is 0.195 e. The predicted octanol–water partition coefficient (Wildman–Crippen LogP) is 8.38. The van der Waals surface area contributed by atoms with Gasteiger partial charge in [-0.3, -0.25) is 4.90 Å². The monoisotopic (exact) mass is 468 g/mol. The van der Waals surface area contributed by atoms with Crippen molar-refractivity contribution in [3.05, 3.63) is 115 Å². The summed E-state index contributed by atoms with van der Waals surface area (Å²) in [5.74, 6) is 1.19. The molecule has 8 rings (SSSR count). The van der Waals surface area contributed by atoms with Crippen LogP contribution in [0.3, 0.4) is 0 Å². The van der Waals surface area contributed by atoms with Crippen LogP contribution in [0.2, 0.25) is 0 Å². The molecule has 3 aliphatic rings. The van der Waals surface area contributed by atoms with E-state index in [1.807, 2.05) is 0 Å². The first-order valence-corrected chi connectivity index (χ1v) is 12.7. The van der Waals surface area contributed by atoms with Gasteiger partial charge in [0.25, 0.3) is 0 Å². The molecule has 0 N–H and O–H groups in total. The normalized spacial score (nSPS) is 18.8. The summed E-state index contributed by atoms with van der Waals surface area (Å²) < 4.78 is 7.60. The molecule has 2 atom stereocenters. The Balaban J connectivity index is 1.47. The molecule has 2 unspecified atom stereocenters. The van der Waals surface area contributed by atoms with Crippen molar-refractivity contribution in [2.75, 3.05) is 4.90 Å². The first-order valence-electron chi connectivity index (χ1n) is 11.9. The quantitative estimate of drug-likeness (QED) is 0.242. The minimum atomic E-state index is 0.0486. The molecule has 2 aliphatic heterocycles. The van der Waals surface area contributed by atoms with Crippen LogP contribution in [0.25, 0.3) is 32.5 Å². The zero-order valence-corrected chi connectivity index (χ0v) is 19.6. The van der Waals surface area contributed by atoms with Gasteiger partial charge in [-0.1, -0.05) is 78.1 Å². The van der Waals surface area contributed by atoms with Crippen molar-refractivity contribution in [1.82, 2.24) is 4.98 Å². The van der Waals surface area contributed by atoms with Crippen LogP contribution in [-0.2, 0) is 0 Å². The highest BCUT2D eigenvalue weighted by Crippen LogP contribution is 2.57. The maximum absolute atomic E-state index is 6.41. The van der Waals surface area contributed by atoms with E-state index in [2.05, 4.69) is 114 Å². The maximum atomic E-state index is 6.41.